The fraction of sp³-hybridized carbons (Fsp3) is 0.300. The van der Waals surface area contributed by atoms with Crippen molar-refractivity contribution in [2.75, 3.05) is 7.11 Å². The molecule has 1 rings (SSSR count). The average Bonchev–Trinajstić information content (AvgIpc) is 2.18. The van der Waals surface area contributed by atoms with Gasteiger partial charge in [0.2, 0.25) is 6.08 Å². The molecule has 0 unspecified atom stereocenters. The van der Waals surface area contributed by atoms with Crippen molar-refractivity contribution in [3.63, 3.8) is 0 Å². The quantitative estimate of drug-likeness (QED) is 0.585. The molecule has 0 saturated heterocycles. The fourth-order valence-electron chi connectivity index (χ4n) is 1.22. The van der Waals surface area contributed by atoms with Gasteiger partial charge in [0.1, 0.15) is 0 Å². The van der Waals surface area contributed by atoms with Gasteiger partial charge in [-0.15, -0.1) is 0 Å². The molecule has 0 amide bonds. The standard InChI is InChI=1S/C10H11NO3/c1-7-3-4-8(5-11-6-12)9(13)10(7)14-2/h3-4,13H,5H2,1-2H3. The summed E-state index contributed by atoms with van der Waals surface area (Å²) in [6.45, 7) is 1.94. The normalized spacial score (nSPS) is 9.29. The van der Waals surface area contributed by atoms with Crippen molar-refractivity contribution in [1.29, 1.82) is 0 Å². The van der Waals surface area contributed by atoms with Crippen LogP contribution in [0.15, 0.2) is 17.1 Å². The molecule has 14 heavy (non-hydrogen) atoms. The molecule has 1 aromatic carbocycles. The Morgan fingerprint density at radius 3 is 2.86 bits per heavy atom. The fourth-order valence-corrected chi connectivity index (χ4v) is 1.22. The van der Waals surface area contributed by atoms with Gasteiger partial charge in [0.25, 0.3) is 0 Å². The van der Waals surface area contributed by atoms with Crippen molar-refractivity contribution < 1.29 is 14.6 Å². The lowest BCUT2D eigenvalue weighted by atomic mass is 10.1. The molecule has 0 aliphatic carbocycles. The van der Waals surface area contributed by atoms with Crippen molar-refractivity contribution >= 4 is 6.08 Å². The molecule has 4 heteroatoms. The maximum atomic E-state index is 9.91. The smallest absolute Gasteiger partial charge is 0.235 e. The molecule has 0 spiro atoms. The summed E-state index contributed by atoms with van der Waals surface area (Å²) < 4.78 is 5.01. The molecular formula is C10H11NO3. The van der Waals surface area contributed by atoms with Gasteiger partial charge in [0.05, 0.1) is 13.7 Å². The highest BCUT2D eigenvalue weighted by atomic mass is 16.5. The highest BCUT2D eigenvalue weighted by molar-refractivity contribution is 5.50. The minimum Gasteiger partial charge on any atom is -0.504 e. The number of aryl methyl sites for hydroxylation is 1. The van der Waals surface area contributed by atoms with Crippen LogP contribution >= 0.6 is 0 Å². The molecule has 0 heterocycles. The van der Waals surface area contributed by atoms with E-state index in [4.69, 9.17) is 4.74 Å². The number of nitrogens with zero attached hydrogens (tertiary/aromatic N) is 1. The molecule has 0 fully saturated rings. The molecule has 74 valence electrons. The number of carbonyl (C=O) groups excluding carboxylic acids is 1. The molecular weight excluding hydrogens is 182 g/mol. The average molecular weight is 193 g/mol. The van der Waals surface area contributed by atoms with Crippen molar-refractivity contribution in [3.8, 4) is 11.5 Å². The van der Waals surface area contributed by atoms with E-state index in [9.17, 15) is 9.90 Å². The first-order chi connectivity index (χ1) is 6.70. The molecule has 0 aliphatic heterocycles. The number of phenolic OH excluding ortho intramolecular Hbond substituents is 1. The number of benzene rings is 1. The molecule has 1 aromatic rings. The summed E-state index contributed by atoms with van der Waals surface area (Å²) in [5.74, 6) is 0.454. The molecule has 0 bridgehead atoms. The van der Waals surface area contributed by atoms with Crippen molar-refractivity contribution in [2.45, 2.75) is 13.5 Å². The van der Waals surface area contributed by atoms with Crippen molar-refractivity contribution in [1.82, 2.24) is 0 Å². The van der Waals surface area contributed by atoms with Crippen LogP contribution in [0.3, 0.4) is 0 Å². The lowest BCUT2D eigenvalue weighted by molar-refractivity contribution is 0.368. The third kappa shape index (κ3) is 1.92. The van der Waals surface area contributed by atoms with Crippen molar-refractivity contribution in [3.05, 3.63) is 23.3 Å². The largest absolute Gasteiger partial charge is 0.504 e. The third-order valence-corrected chi connectivity index (χ3v) is 1.93. The Balaban J connectivity index is 3.13. The first-order valence-electron chi connectivity index (χ1n) is 4.09. The Bertz CT molecular complexity index is 381. The van der Waals surface area contributed by atoms with E-state index in [0.717, 1.165) is 5.56 Å². The number of methoxy groups -OCH3 is 1. The molecule has 0 atom stereocenters. The van der Waals surface area contributed by atoms with Gasteiger partial charge in [-0.1, -0.05) is 12.1 Å². The third-order valence-electron chi connectivity index (χ3n) is 1.93. The van der Waals surface area contributed by atoms with Crippen LogP contribution in [0.5, 0.6) is 11.5 Å². The van der Waals surface area contributed by atoms with Gasteiger partial charge in [-0.2, -0.15) is 0 Å². The predicted octanol–water partition coefficient (Wildman–Crippen LogP) is 1.55. The van der Waals surface area contributed by atoms with Gasteiger partial charge in [0.15, 0.2) is 11.5 Å². The maximum absolute atomic E-state index is 9.91. The maximum Gasteiger partial charge on any atom is 0.235 e. The van der Waals surface area contributed by atoms with Gasteiger partial charge >= 0.3 is 0 Å². The second-order valence-electron chi connectivity index (χ2n) is 2.83. The van der Waals surface area contributed by atoms with Crippen LogP contribution in [0.4, 0.5) is 0 Å². The Kier molecular flexibility index (Phi) is 3.26. The lowest BCUT2D eigenvalue weighted by Crippen LogP contribution is -1.91. The van der Waals surface area contributed by atoms with E-state index < -0.39 is 0 Å². The van der Waals surface area contributed by atoms with E-state index in [2.05, 4.69) is 4.99 Å². The van der Waals surface area contributed by atoms with Crippen LogP contribution in [0, 0.1) is 6.92 Å². The monoisotopic (exact) mass is 193 g/mol. The summed E-state index contributed by atoms with van der Waals surface area (Å²) >= 11 is 0. The number of phenols is 1. The number of rotatable bonds is 3. The number of ether oxygens (including phenoxy) is 1. The highest BCUT2D eigenvalue weighted by Crippen LogP contribution is 2.33. The van der Waals surface area contributed by atoms with Crippen LogP contribution in [0.1, 0.15) is 11.1 Å². The summed E-state index contributed by atoms with van der Waals surface area (Å²) in [5, 5.41) is 9.68. The first-order valence-corrected chi connectivity index (χ1v) is 4.09. The van der Waals surface area contributed by atoms with E-state index in [1.807, 2.05) is 6.92 Å². The SMILES string of the molecule is COc1c(C)ccc(CN=C=O)c1O. The molecule has 0 radical (unpaired) electrons. The number of aliphatic imine (C=N–C) groups is 1. The van der Waals surface area contributed by atoms with E-state index in [1.54, 1.807) is 12.1 Å². The van der Waals surface area contributed by atoms with Crippen LogP contribution in [-0.4, -0.2) is 18.3 Å². The zero-order valence-electron chi connectivity index (χ0n) is 8.07. The minimum atomic E-state index is 0.0338. The molecule has 0 saturated carbocycles. The zero-order valence-corrected chi connectivity index (χ0v) is 8.07. The zero-order chi connectivity index (χ0) is 10.6. The van der Waals surface area contributed by atoms with Gasteiger partial charge in [-0.05, 0) is 12.5 Å². The van der Waals surface area contributed by atoms with E-state index >= 15 is 0 Å². The molecule has 4 nitrogen and oxygen atoms in total. The van der Waals surface area contributed by atoms with Gasteiger partial charge < -0.3 is 9.84 Å². The highest BCUT2D eigenvalue weighted by Gasteiger charge is 2.09. The van der Waals surface area contributed by atoms with Gasteiger partial charge in [-0.25, -0.2) is 9.79 Å². The van der Waals surface area contributed by atoms with Crippen LogP contribution in [0.25, 0.3) is 0 Å². The number of hydrogen-bond donors (Lipinski definition) is 1. The van der Waals surface area contributed by atoms with E-state index in [0.29, 0.717) is 11.3 Å². The Morgan fingerprint density at radius 2 is 2.29 bits per heavy atom. The Labute approximate surface area is 81.9 Å². The van der Waals surface area contributed by atoms with E-state index in [-0.39, 0.29) is 12.3 Å². The summed E-state index contributed by atoms with van der Waals surface area (Å²) in [6, 6.07) is 3.50. The predicted molar refractivity (Wildman–Crippen MR) is 51.2 cm³/mol. The first kappa shape index (κ1) is 10.3. The second-order valence-corrected chi connectivity index (χ2v) is 2.83. The molecule has 0 aromatic heterocycles. The topological polar surface area (TPSA) is 58.9 Å². The number of isocyanates is 1. The van der Waals surface area contributed by atoms with E-state index in [1.165, 1.54) is 13.2 Å². The summed E-state index contributed by atoms with van der Waals surface area (Å²) in [5.41, 5.74) is 1.39. The van der Waals surface area contributed by atoms with Crippen LogP contribution < -0.4 is 4.74 Å². The number of hydrogen-bond acceptors (Lipinski definition) is 4. The Hall–Kier alpha value is -1.80. The number of aromatic hydroxyl groups is 1. The van der Waals surface area contributed by atoms with Gasteiger partial charge in [0, 0.05) is 5.56 Å². The summed E-state index contributed by atoms with van der Waals surface area (Å²) in [6.07, 6.45) is 1.42. The molecule has 1 N–H and O–H groups in total. The Morgan fingerprint density at radius 1 is 1.57 bits per heavy atom. The second kappa shape index (κ2) is 4.44. The van der Waals surface area contributed by atoms with Crippen molar-refractivity contribution in [2.24, 2.45) is 4.99 Å². The van der Waals surface area contributed by atoms with Crippen LogP contribution in [-0.2, 0) is 11.3 Å². The summed E-state index contributed by atoms with van der Waals surface area (Å²) in [4.78, 5) is 13.3. The van der Waals surface area contributed by atoms with Gasteiger partial charge in [-0.3, -0.25) is 0 Å². The van der Waals surface area contributed by atoms with Crippen LogP contribution in [0.2, 0.25) is 0 Å². The minimum absolute atomic E-state index is 0.0338. The lowest BCUT2D eigenvalue weighted by Gasteiger charge is -2.09. The summed E-state index contributed by atoms with van der Waals surface area (Å²) in [7, 11) is 1.48. The molecule has 0 aliphatic rings.